The number of benzene rings is 1. The topological polar surface area (TPSA) is 26.3 Å². The largest absolute Gasteiger partial charge is 0.493 e. The minimum absolute atomic E-state index is 0.0988. The van der Waals surface area contributed by atoms with Crippen LogP contribution in [0.15, 0.2) is 18.2 Å². The molecule has 0 aliphatic rings. The van der Waals surface area contributed by atoms with Crippen LogP contribution < -0.4 is 4.74 Å². The second-order valence-electron chi connectivity index (χ2n) is 4.12. The lowest BCUT2D eigenvalue weighted by atomic mass is 10.1. The molecular formula is C13H17FO2. The maximum Gasteiger partial charge on any atom is 0.166 e. The highest BCUT2D eigenvalue weighted by Crippen LogP contribution is 2.21. The van der Waals surface area contributed by atoms with Gasteiger partial charge in [0, 0.05) is 6.42 Å². The second kappa shape index (κ2) is 5.64. The molecule has 0 unspecified atom stereocenters. The lowest BCUT2D eigenvalue weighted by Crippen LogP contribution is -2.08. The fourth-order valence-electron chi connectivity index (χ4n) is 1.29. The van der Waals surface area contributed by atoms with Crippen molar-refractivity contribution in [1.82, 2.24) is 0 Å². The van der Waals surface area contributed by atoms with Gasteiger partial charge in [-0.05, 0) is 24.1 Å². The van der Waals surface area contributed by atoms with Gasteiger partial charge in [0.25, 0.3) is 0 Å². The molecule has 0 saturated heterocycles. The van der Waals surface area contributed by atoms with Crippen LogP contribution in [0.5, 0.6) is 5.75 Å². The van der Waals surface area contributed by atoms with Gasteiger partial charge in [-0.25, -0.2) is 4.39 Å². The van der Waals surface area contributed by atoms with Gasteiger partial charge < -0.3 is 4.74 Å². The molecule has 0 aliphatic heterocycles. The highest BCUT2D eigenvalue weighted by atomic mass is 19.1. The smallest absolute Gasteiger partial charge is 0.166 e. The summed E-state index contributed by atoms with van der Waals surface area (Å²) in [5, 5.41) is 0. The second-order valence-corrected chi connectivity index (χ2v) is 4.12. The Morgan fingerprint density at radius 2 is 2.12 bits per heavy atom. The summed E-state index contributed by atoms with van der Waals surface area (Å²) in [6, 6.07) is 4.06. The van der Waals surface area contributed by atoms with Crippen LogP contribution in [0, 0.1) is 11.7 Å². The molecule has 0 fully saturated rings. The van der Waals surface area contributed by atoms with E-state index in [2.05, 4.69) is 0 Å². The Bertz CT molecular complexity index is 372. The third kappa shape index (κ3) is 3.33. The van der Waals surface area contributed by atoms with Gasteiger partial charge in [-0.15, -0.1) is 0 Å². The van der Waals surface area contributed by atoms with Crippen molar-refractivity contribution in [2.75, 3.05) is 6.61 Å². The molecule has 0 radical (unpaired) electrons. The van der Waals surface area contributed by atoms with E-state index in [0.717, 1.165) is 0 Å². The molecule has 0 atom stereocenters. The first kappa shape index (κ1) is 12.7. The van der Waals surface area contributed by atoms with Crippen LogP contribution in [0.3, 0.4) is 0 Å². The Kier molecular flexibility index (Phi) is 4.47. The van der Waals surface area contributed by atoms with Crippen LogP contribution in [0.25, 0.3) is 0 Å². The van der Waals surface area contributed by atoms with E-state index in [1.165, 1.54) is 18.2 Å². The summed E-state index contributed by atoms with van der Waals surface area (Å²) in [4.78, 5) is 11.6. The SMILES string of the molecule is CCC(=O)c1cc(F)ccc1OCC(C)C. The third-order valence-electron chi connectivity index (χ3n) is 2.14. The van der Waals surface area contributed by atoms with Gasteiger partial charge in [-0.2, -0.15) is 0 Å². The molecule has 0 heterocycles. The molecule has 0 aliphatic carbocycles. The lowest BCUT2D eigenvalue weighted by molar-refractivity contribution is 0.0983. The van der Waals surface area contributed by atoms with Crippen molar-refractivity contribution in [2.24, 2.45) is 5.92 Å². The van der Waals surface area contributed by atoms with Crippen LogP contribution in [0.4, 0.5) is 4.39 Å². The van der Waals surface area contributed by atoms with E-state index >= 15 is 0 Å². The Morgan fingerprint density at radius 1 is 1.44 bits per heavy atom. The zero-order valence-electron chi connectivity index (χ0n) is 9.92. The number of halogens is 1. The van der Waals surface area contributed by atoms with Gasteiger partial charge in [0.05, 0.1) is 12.2 Å². The zero-order chi connectivity index (χ0) is 12.1. The molecule has 1 rings (SSSR count). The highest BCUT2D eigenvalue weighted by Gasteiger charge is 2.12. The Labute approximate surface area is 95.4 Å². The van der Waals surface area contributed by atoms with E-state index in [9.17, 15) is 9.18 Å². The lowest BCUT2D eigenvalue weighted by Gasteiger charge is -2.12. The Balaban J connectivity index is 2.93. The molecule has 1 aromatic rings. The van der Waals surface area contributed by atoms with Crippen LogP contribution in [-0.4, -0.2) is 12.4 Å². The molecule has 0 saturated carbocycles. The number of hydrogen-bond donors (Lipinski definition) is 0. The molecule has 0 amide bonds. The molecule has 0 aromatic heterocycles. The normalized spacial score (nSPS) is 10.6. The van der Waals surface area contributed by atoms with Crippen molar-refractivity contribution in [3.05, 3.63) is 29.6 Å². The number of carbonyl (C=O) groups excluding carboxylic acids is 1. The summed E-state index contributed by atoms with van der Waals surface area (Å²) < 4.78 is 18.5. The summed E-state index contributed by atoms with van der Waals surface area (Å²) >= 11 is 0. The first-order valence-electron chi connectivity index (χ1n) is 5.50. The Morgan fingerprint density at radius 3 is 2.69 bits per heavy atom. The quantitative estimate of drug-likeness (QED) is 0.716. The number of hydrogen-bond acceptors (Lipinski definition) is 2. The molecule has 1 aromatic carbocycles. The minimum Gasteiger partial charge on any atom is -0.493 e. The summed E-state index contributed by atoms with van der Waals surface area (Å²) in [5.74, 6) is 0.337. The first-order valence-corrected chi connectivity index (χ1v) is 5.50. The van der Waals surface area contributed by atoms with Crippen LogP contribution in [0.1, 0.15) is 37.6 Å². The number of rotatable bonds is 5. The van der Waals surface area contributed by atoms with E-state index in [4.69, 9.17) is 4.74 Å². The van der Waals surface area contributed by atoms with Crippen molar-refractivity contribution in [3.63, 3.8) is 0 Å². The number of carbonyl (C=O) groups is 1. The molecule has 0 N–H and O–H groups in total. The summed E-state index contributed by atoms with van der Waals surface area (Å²) in [5.41, 5.74) is 0.336. The van der Waals surface area contributed by atoms with Gasteiger partial charge >= 0.3 is 0 Å². The predicted octanol–water partition coefficient (Wildman–Crippen LogP) is 3.45. The minimum atomic E-state index is -0.409. The molecule has 0 spiro atoms. The van der Waals surface area contributed by atoms with E-state index in [1.807, 2.05) is 13.8 Å². The van der Waals surface area contributed by atoms with E-state index in [-0.39, 0.29) is 5.78 Å². The zero-order valence-corrected chi connectivity index (χ0v) is 9.92. The average molecular weight is 224 g/mol. The summed E-state index contributed by atoms with van der Waals surface area (Å²) in [7, 11) is 0. The van der Waals surface area contributed by atoms with Crippen molar-refractivity contribution >= 4 is 5.78 Å². The van der Waals surface area contributed by atoms with Gasteiger partial charge in [0.2, 0.25) is 0 Å². The standard InChI is InChI=1S/C13H17FO2/c1-4-12(15)11-7-10(14)5-6-13(11)16-8-9(2)3/h5-7,9H,4,8H2,1-3H3. The molecule has 16 heavy (non-hydrogen) atoms. The monoisotopic (exact) mass is 224 g/mol. The van der Waals surface area contributed by atoms with Crippen LogP contribution in [-0.2, 0) is 0 Å². The van der Waals surface area contributed by atoms with Crippen molar-refractivity contribution in [1.29, 1.82) is 0 Å². The number of Topliss-reactive ketones (excluding diaryl/α,β-unsaturated/α-hetero) is 1. The fourth-order valence-corrected chi connectivity index (χ4v) is 1.29. The van der Waals surface area contributed by atoms with Crippen molar-refractivity contribution in [2.45, 2.75) is 27.2 Å². The summed E-state index contributed by atoms with van der Waals surface area (Å²) in [6.45, 7) is 6.31. The number of ketones is 1. The fraction of sp³-hybridized carbons (Fsp3) is 0.462. The van der Waals surface area contributed by atoms with Gasteiger partial charge in [-0.1, -0.05) is 20.8 Å². The van der Waals surface area contributed by atoms with Gasteiger partial charge in [0.1, 0.15) is 11.6 Å². The van der Waals surface area contributed by atoms with Crippen molar-refractivity contribution in [3.8, 4) is 5.75 Å². The maximum atomic E-state index is 13.0. The predicted molar refractivity (Wildman–Crippen MR) is 61.4 cm³/mol. The molecule has 2 nitrogen and oxygen atoms in total. The Hall–Kier alpha value is -1.38. The van der Waals surface area contributed by atoms with E-state index in [1.54, 1.807) is 6.92 Å². The van der Waals surface area contributed by atoms with Gasteiger partial charge in [-0.3, -0.25) is 4.79 Å². The van der Waals surface area contributed by atoms with E-state index in [0.29, 0.717) is 30.3 Å². The van der Waals surface area contributed by atoms with Gasteiger partial charge in [0.15, 0.2) is 5.78 Å². The van der Waals surface area contributed by atoms with E-state index < -0.39 is 5.82 Å². The molecule has 3 heteroatoms. The first-order chi connectivity index (χ1) is 7.54. The van der Waals surface area contributed by atoms with Crippen LogP contribution >= 0.6 is 0 Å². The van der Waals surface area contributed by atoms with Crippen molar-refractivity contribution < 1.29 is 13.9 Å². The molecule has 0 bridgehead atoms. The third-order valence-corrected chi connectivity index (χ3v) is 2.14. The number of ether oxygens (including phenoxy) is 1. The maximum absolute atomic E-state index is 13.0. The molecule has 88 valence electrons. The van der Waals surface area contributed by atoms with Crippen LogP contribution in [0.2, 0.25) is 0 Å². The average Bonchev–Trinajstić information content (AvgIpc) is 2.26. The summed E-state index contributed by atoms with van der Waals surface area (Å²) in [6.07, 6.45) is 0.349. The molecular weight excluding hydrogens is 207 g/mol. The highest BCUT2D eigenvalue weighted by molar-refractivity contribution is 5.98.